The molecule has 10 heteroatoms. The first-order chi connectivity index (χ1) is 14.8. The first-order valence-electron chi connectivity index (χ1n) is 9.92. The molecule has 0 atom stereocenters. The number of carbonyl (C=O) groups is 2. The molecule has 1 aliphatic heterocycles. The quantitative estimate of drug-likeness (QED) is 0.559. The van der Waals surface area contributed by atoms with Gasteiger partial charge in [0.05, 0.1) is 15.5 Å². The van der Waals surface area contributed by atoms with Gasteiger partial charge in [-0.1, -0.05) is 11.6 Å². The molecule has 8 nitrogen and oxygen atoms in total. The Balaban J connectivity index is 1.42. The summed E-state index contributed by atoms with van der Waals surface area (Å²) in [5, 5.41) is 14.6. The van der Waals surface area contributed by atoms with Gasteiger partial charge < -0.3 is 15.1 Å². The van der Waals surface area contributed by atoms with Crippen molar-refractivity contribution in [1.29, 1.82) is 0 Å². The maximum atomic E-state index is 13.2. The van der Waals surface area contributed by atoms with Crippen molar-refractivity contribution in [1.82, 2.24) is 9.80 Å². The summed E-state index contributed by atoms with van der Waals surface area (Å²) in [4.78, 5) is 39.6. The molecule has 1 saturated heterocycles. The van der Waals surface area contributed by atoms with Crippen LogP contribution in [-0.4, -0.2) is 58.8 Å². The Kier molecular flexibility index (Phi) is 5.77. The molecule has 31 heavy (non-hydrogen) atoms. The normalized spacial score (nSPS) is 16.2. The van der Waals surface area contributed by atoms with Crippen molar-refractivity contribution >= 4 is 34.8 Å². The highest BCUT2D eigenvalue weighted by molar-refractivity contribution is 6.33. The number of nitrogens with zero attached hydrogens (tertiary/aromatic N) is 3. The number of rotatable bonds is 5. The lowest BCUT2D eigenvalue weighted by molar-refractivity contribution is -0.384. The molecule has 2 aliphatic rings. The number of piperazine rings is 1. The number of nitro groups is 1. The number of hydrogen-bond donors (Lipinski definition) is 1. The van der Waals surface area contributed by atoms with E-state index in [9.17, 15) is 24.1 Å². The van der Waals surface area contributed by atoms with Crippen molar-refractivity contribution in [3.63, 3.8) is 0 Å². The molecule has 1 aliphatic carbocycles. The predicted molar refractivity (Wildman–Crippen MR) is 113 cm³/mol. The van der Waals surface area contributed by atoms with Gasteiger partial charge >= 0.3 is 0 Å². The number of anilines is 1. The summed E-state index contributed by atoms with van der Waals surface area (Å²) in [6.45, 7) is 1.11. The largest absolute Gasteiger partial charge is 0.377 e. The number of halogens is 2. The second-order valence-corrected chi connectivity index (χ2v) is 8.02. The third kappa shape index (κ3) is 4.61. The molecule has 0 unspecified atom stereocenters. The summed E-state index contributed by atoms with van der Waals surface area (Å²) < 4.78 is 13.2. The molecule has 162 valence electrons. The Labute approximate surface area is 182 Å². The Morgan fingerprint density at radius 1 is 1.03 bits per heavy atom. The SMILES string of the molecule is O=C(c1ccc(NC2CC2)c([N+](=O)[O-])c1)N1CCN(C(=O)c2ccc(F)cc2Cl)CC1. The molecule has 1 heterocycles. The minimum atomic E-state index is -0.524. The second-order valence-electron chi connectivity index (χ2n) is 7.62. The average Bonchev–Trinajstić information content (AvgIpc) is 3.57. The van der Waals surface area contributed by atoms with Crippen LogP contribution in [0.15, 0.2) is 36.4 Å². The fourth-order valence-corrected chi connectivity index (χ4v) is 3.76. The lowest BCUT2D eigenvalue weighted by Crippen LogP contribution is -2.50. The smallest absolute Gasteiger partial charge is 0.293 e. The third-order valence-electron chi connectivity index (χ3n) is 5.39. The van der Waals surface area contributed by atoms with E-state index in [1.807, 2.05) is 0 Å². The van der Waals surface area contributed by atoms with E-state index in [4.69, 9.17) is 11.6 Å². The Morgan fingerprint density at radius 3 is 2.26 bits per heavy atom. The van der Waals surface area contributed by atoms with Gasteiger partial charge in [-0.2, -0.15) is 0 Å². The number of nitrogens with one attached hydrogen (secondary N) is 1. The topological polar surface area (TPSA) is 95.8 Å². The minimum absolute atomic E-state index is 0.0377. The van der Waals surface area contributed by atoms with Crippen molar-refractivity contribution in [2.45, 2.75) is 18.9 Å². The summed E-state index contributed by atoms with van der Waals surface area (Å²) in [5.74, 6) is -1.18. The number of hydrogen-bond acceptors (Lipinski definition) is 5. The fourth-order valence-electron chi connectivity index (χ4n) is 3.51. The van der Waals surface area contributed by atoms with Gasteiger partial charge in [0.25, 0.3) is 17.5 Å². The highest BCUT2D eigenvalue weighted by Crippen LogP contribution is 2.32. The molecule has 0 spiro atoms. The van der Waals surface area contributed by atoms with Crippen LogP contribution in [0.2, 0.25) is 5.02 Å². The molecule has 2 aromatic rings. The van der Waals surface area contributed by atoms with E-state index in [0.717, 1.165) is 18.9 Å². The molecule has 4 rings (SSSR count). The van der Waals surface area contributed by atoms with Gasteiger partial charge in [0, 0.05) is 43.9 Å². The highest BCUT2D eigenvalue weighted by Gasteiger charge is 2.29. The van der Waals surface area contributed by atoms with E-state index in [1.165, 1.54) is 18.2 Å². The zero-order chi connectivity index (χ0) is 22.1. The van der Waals surface area contributed by atoms with Crippen LogP contribution >= 0.6 is 11.6 Å². The van der Waals surface area contributed by atoms with Crippen molar-refractivity contribution < 1.29 is 18.9 Å². The molecule has 2 fully saturated rings. The molecule has 1 saturated carbocycles. The Morgan fingerprint density at radius 2 is 1.68 bits per heavy atom. The van der Waals surface area contributed by atoms with Gasteiger partial charge in [0.1, 0.15) is 11.5 Å². The maximum absolute atomic E-state index is 13.2. The zero-order valence-corrected chi connectivity index (χ0v) is 17.3. The second kappa shape index (κ2) is 8.50. The van der Waals surface area contributed by atoms with Crippen molar-refractivity contribution in [2.75, 3.05) is 31.5 Å². The van der Waals surface area contributed by atoms with Gasteiger partial charge in [0.15, 0.2) is 0 Å². The van der Waals surface area contributed by atoms with E-state index in [-0.39, 0.29) is 65.9 Å². The van der Waals surface area contributed by atoms with Crippen LogP contribution in [0.25, 0.3) is 0 Å². The summed E-state index contributed by atoms with van der Waals surface area (Å²) in [5.41, 5.74) is 0.722. The number of carbonyl (C=O) groups excluding carboxylic acids is 2. The van der Waals surface area contributed by atoms with Gasteiger partial charge in [-0.25, -0.2) is 4.39 Å². The zero-order valence-electron chi connectivity index (χ0n) is 16.5. The molecule has 2 amide bonds. The average molecular weight is 447 g/mol. The summed E-state index contributed by atoms with van der Waals surface area (Å²) >= 11 is 5.98. The van der Waals surface area contributed by atoms with Crippen LogP contribution in [0.5, 0.6) is 0 Å². The van der Waals surface area contributed by atoms with Crippen LogP contribution in [0.1, 0.15) is 33.6 Å². The molecular weight excluding hydrogens is 427 g/mol. The van der Waals surface area contributed by atoms with Crippen LogP contribution in [-0.2, 0) is 0 Å². The molecule has 2 aromatic carbocycles. The van der Waals surface area contributed by atoms with Crippen LogP contribution in [0, 0.1) is 15.9 Å². The number of nitro benzene ring substituents is 1. The van der Waals surface area contributed by atoms with Crippen molar-refractivity contribution in [3.8, 4) is 0 Å². The van der Waals surface area contributed by atoms with Gasteiger partial charge in [-0.15, -0.1) is 0 Å². The van der Waals surface area contributed by atoms with Crippen LogP contribution < -0.4 is 5.32 Å². The van der Waals surface area contributed by atoms with Gasteiger partial charge in [0.2, 0.25) is 0 Å². The number of amides is 2. The van der Waals surface area contributed by atoms with Crippen LogP contribution in [0.4, 0.5) is 15.8 Å². The summed E-state index contributed by atoms with van der Waals surface area (Å²) in [6.07, 6.45) is 1.95. The molecule has 1 N–H and O–H groups in total. The molecule has 0 radical (unpaired) electrons. The van der Waals surface area contributed by atoms with E-state index < -0.39 is 10.7 Å². The minimum Gasteiger partial charge on any atom is -0.377 e. The van der Waals surface area contributed by atoms with Crippen LogP contribution in [0.3, 0.4) is 0 Å². The standard InChI is InChI=1S/C21H20ClFN4O4/c22-17-12-14(23)2-5-16(17)21(29)26-9-7-25(8-10-26)20(28)13-1-6-18(24-15-3-4-15)19(11-13)27(30)31/h1-2,5-6,11-12,15,24H,3-4,7-10H2. The lowest BCUT2D eigenvalue weighted by atomic mass is 10.1. The van der Waals surface area contributed by atoms with Crippen molar-refractivity contribution in [2.24, 2.45) is 0 Å². The first-order valence-corrected chi connectivity index (χ1v) is 10.3. The number of benzene rings is 2. The van der Waals surface area contributed by atoms with Gasteiger partial charge in [-0.05, 0) is 43.2 Å². The third-order valence-corrected chi connectivity index (χ3v) is 5.71. The fraction of sp³-hybridized carbons (Fsp3) is 0.333. The predicted octanol–water partition coefficient (Wildman–Crippen LogP) is 3.56. The summed E-state index contributed by atoms with van der Waals surface area (Å²) in [6, 6.07) is 8.30. The molecule has 0 bridgehead atoms. The van der Waals surface area contributed by atoms with E-state index in [0.29, 0.717) is 5.69 Å². The lowest BCUT2D eigenvalue weighted by Gasteiger charge is -2.35. The van der Waals surface area contributed by atoms with Crippen molar-refractivity contribution in [3.05, 3.63) is 68.5 Å². The van der Waals surface area contributed by atoms with E-state index in [1.54, 1.807) is 21.9 Å². The molecular formula is C21H20ClFN4O4. The monoisotopic (exact) mass is 446 g/mol. The maximum Gasteiger partial charge on any atom is 0.293 e. The summed E-state index contributed by atoms with van der Waals surface area (Å²) in [7, 11) is 0. The van der Waals surface area contributed by atoms with Gasteiger partial charge in [-0.3, -0.25) is 19.7 Å². The molecule has 0 aromatic heterocycles. The van der Waals surface area contributed by atoms with E-state index in [2.05, 4.69) is 5.32 Å². The highest BCUT2D eigenvalue weighted by atomic mass is 35.5. The first kappa shape index (κ1) is 21.0. The van der Waals surface area contributed by atoms with E-state index >= 15 is 0 Å². The Bertz CT molecular complexity index is 1050. The Hall–Kier alpha value is -3.20.